The maximum absolute atomic E-state index is 5.54. The van der Waals surface area contributed by atoms with Crippen molar-refractivity contribution in [1.29, 1.82) is 0 Å². The molecule has 0 N–H and O–H groups in total. The second kappa shape index (κ2) is 5.12. The zero-order chi connectivity index (χ0) is 11.4. The Balaban J connectivity index is 2.24. The molecule has 1 aromatic heterocycles. The second-order valence-electron chi connectivity index (χ2n) is 3.64. The number of rotatable bonds is 3. The molecular formula is C11H17N3O2. The van der Waals surface area contributed by atoms with E-state index in [1.54, 1.807) is 6.20 Å². The topological polar surface area (TPSA) is 47.5 Å². The summed E-state index contributed by atoms with van der Waals surface area (Å²) in [7, 11) is 0. The van der Waals surface area contributed by atoms with Gasteiger partial charge >= 0.3 is 0 Å². The van der Waals surface area contributed by atoms with Crippen molar-refractivity contribution in [3.63, 3.8) is 0 Å². The molecule has 0 saturated carbocycles. The van der Waals surface area contributed by atoms with Crippen LogP contribution in [0.15, 0.2) is 6.20 Å². The quantitative estimate of drug-likeness (QED) is 0.765. The summed E-state index contributed by atoms with van der Waals surface area (Å²) in [6.45, 7) is 7.68. The third kappa shape index (κ3) is 2.41. The van der Waals surface area contributed by atoms with Crippen molar-refractivity contribution in [1.82, 2.24) is 9.97 Å². The van der Waals surface area contributed by atoms with Gasteiger partial charge in [-0.05, 0) is 13.8 Å². The van der Waals surface area contributed by atoms with Crippen molar-refractivity contribution < 1.29 is 9.47 Å². The molecule has 2 rings (SSSR count). The molecule has 5 nitrogen and oxygen atoms in total. The fraction of sp³-hybridized carbons (Fsp3) is 0.636. The first-order valence-corrected chi connectivity index (χ1v) is 5.60. The number of hydrogen-bond donors (Lipinski definition) is 0. The number of hydrogen-bond acceptors (Lipinski definition) is 5. The van der Waals surface area contributed by atoms with Gasteiger partial charge in [0.2, 0.25) is 0 Å². The summed E-state index contributed by atoms with van der Waals surface area (Å²) in [4.78, 5) is 10.8. The van der Waals surface area contributed by atoms with Crippen LogP contribution in [0.1, 0.15) is 12.7 Å². The maximum Gasteiger partial charge on any atom is 0.180 e. The lowest BCUT2D eigenvalue weighted by Gasteiger charge is -2.29. The highest BCUT2D eigenvalue weighted by atomic mass is 16.5. The first-order valence-electron chi connectivity index (χ1n) is 5.60. The summed E-state index contributed by atoms with van der Waals surface area (Å²) in [5, 5.41) is 0. The van der Waals surface area contributed by atoms with Gasteiger partial charge in [-0.1, -0.05) is 0 Å². The van der Waals surface area contributed by atoms with Crippen LogP contribution < -0.4 is 9.64 Å². The molecule has 16 heavy (non-hydrogen) atoms. The smallest absolute Gasteiger partial charge is 0.180 e. The van der Waals surface area contributed by atoms with E-state index < -0.39 is 0 Å². The first-order chi connectivity index (χ1) is 7.81. The van der Waals surface area contributed by atoms with Crippen LogP contribution in [0.25, 0.3) is 0 Å². The van der Waals surface area contributed by atoms with E-state index in [-0.39, 0.29) is 0 Å². The Bertz CT molecular complexity index is 351. The maximum atomic E-state index is 5.54. The van der Waals surface area contributed by atoms with Gasteiger partial charge in [-0.3, -0.25) is 0 Å². The molecule has 1 aromatic rings. The van der Waals surface area contributed by atoms with Crippen molar-refractivity contribution in [3.8, 4) is 5.75 Å². The molecule has 0 aliphatic carbocycles. The van der Waals surface area contributed by atoms with Crippen LogP contribution in [-0.4, -0.2) is 42.9 Å². The van der Waals surface area contributed by atoms with Gasteiger partial charge in [-0.25, -0.2) is 9.97 Å². The van der Waals surface area contributed by atoms with Crippen LogP contribution in [0.5, 0.6) is 5.75 Å². The summed E-state index contributed by atoms with van der Waals surface area (Å²) in [5.41, 5.74) is 0. The number of nitrogens with zero attached hydrogens (tertiary/aromatic N) is 3. The highest BCUT2D eigenvalue weighted by Crippen LogP contribution is 2.25. The van der Waals surface area contributed by atoms with E-state index in [1.165, 1.54) is 0 Å². The summed E-state index contributed by atoms with van der Waals surface area (Å²) >= 11 is 0. The molecule has 0 radical (unpaired) electrons. The van der Waals surface area contributed by atoms with Gasteiger partial charge in [0.25, 0.3) is 0 Å². The first kappa shape index (κ1) is 11.1. The van der Waals surface area contributed by atoms with Crippen molar-refractivity contribution in [2.24, 2.45) is 0 Å². The fourth-order valence-corrected chi connectivity index (χ4v) is 1.71. The van der Waals surface area contributed by atoms with Gasteiger partial charge in [0.15, 0.2) is 11.6 Å². The third-order valence-corrected chi connectivity index (χ3v) is 2.47. The van der Waals surface area contributed by atoms with Crippen LogP contribution in [0, 0.1) is 6.92 Å². The Morgan fingerprint density at radius 1 is 1.44 bits per heavy atom. The molecule has 0 amide bonds. The third-order valence-electron chi connectivity index (χ3n) is 2.47. The highest BCUT2D eigenvalue weighted by molar-refractivity contribution is 5.51. The monoisotopic (exact) mass is 223 g/mol. The van der Waals surface area contributed by atoms with E-state index in [2.05, 4.69) is 14.9 Å². The number of aryl methyl sites for hydroxylation is 1. The normalized spacial score (nSPS) is 16.2. The molecule has 0 unspecified atom stereocenters. The van der Waals surface area contributed by atoms with E-state index in [0.29, 0.717) is 6.61 Å². The Morgan fingerprint density at radius 3 is 2.88 bits per heavy atom. The molecule has 0 bridgehead atoms. The molecule has 1 aliphatic rings. The van der Waals surface area contributed by atoms with Gasteiger partial charge in [-0.2, -0.15) is 0 Å². The Kier molecular flexibility index (Phi) is 3.56. The summed E-state index contributed by atoms with van der Waals surface area (Å²) in [6, 6.07) is 0. The Labute approximate surface area is 95.4 Å². The molecule has 1 fully saturated rings. The summed E-state index contributed by atoms with van der Waals surface area (Å²) in [6.07, 6.45) is 1.75. The standard InChI is InChI=1S/C11H17N3O2/c1-3-16-10-8-12-9(2)13-11(10)14-4-6-15-7-5-14/h8H,3-7H2,1-2H3. The predicted octanol–water partition coefficient (Wildman–Crippen LogP) is 1.02. The molecule has 2 heterocycles. The molecular weight excluding hydrogens is 206 g/mol. The minimum atomic E-state index is 0.629. The lowest BCUT2D eigenvalue weighted by Crippen LogP contribution is -2.37. The molecule has 88 valence electrons. The van der Waals surface area contributed by atoms with E-state index in [1.807, 2.05) is 13.8 Å². The minimum absolute atomic E-state index is 0.629. The van der Waals surface area contributed by atoms with Crippen molar-refractivity contribution in [2.75, 3.05) is 37.8 Å². The van der Waals surface area contributed by atoms with Gasteiger partial charge in [0.05, 0.1) is 26.0 Å². The Hall–Kier alpha value is -1.36. The van der Waals surface area contributed by atoms with Gasteiger partial charge in [0.1, 0.15) is 5.82 Å². The van der Waals surface area contributed by atoms with Crippen molar-refractivity contribution >= 4 is 5.82 Å². The molecule has 1 aliphatic heterocycles. The zero-order valence-electron chi connectivity index (χ0n) is 9.77. The second-order valence-corrected chi connectivity index (χ2v) is 3.64. The number of anilines is 1. The lowest BCUT2D eigenvalue weighted by molar-refractivity contribution is 0.122. The van der Waals surface area contributed by atoms with Crippen LogP contribution >= 0.6 is 0 Å². The van der Waals surface area contributed by atoms with Crippen molar-refractivity contribution in [2.45, 2.75) is 13.8 Å². The van der Waals surface area contributed by atoms with E-state index in [9.17, 15) is 0 Å². The zero-order valence-corrected chi connectivity index (χ0v) is 9.77. The number of ether oxygens (including phenoxy) is 2. The van der Waals surface area contributed by atoms with E-state index >= 15 is 0 Å². The van der Waals surface area contributed by atoms with E-state index in [0.717, 1.165) is 43.7 Å². The fourth-order valence-electron chi connectivity index (χ4n) is 1.71. The number of aromatic nitrogens is 2. The lowest BCUT2D eigenvalue weighted by atomic mass is 10.4. The van der Waals surface area contributed by atoms with Crippen LogP contribution in [0.2, 0.25) is 0 Å². The summed E-state index contributed by atoms with van der Waals surface area (Å²) < 4.78 is 10.9. The SMILES string of the molecule is CCOc1cnc(C)nc1N1CCOCC1. The molecule has 0 spiro atoms. The van der Waals surface area contributed by atoms with E-state index in [4.69, 9.17) is 9.47 Å². The van der Waals surface area contributed by atoms with Crippen LogP contribution in [0.4, 0.5) is 5.82 Å². The average molecular weight is 223 g/mol. The van der Waals surface area contributed by atoms with Gasteiger partial charge in [0, 0.05) is 13.1 Å². The highest BCUT2D eigenvalue weighted by Gasteiger charge is 2.17. The molecule has 5 heteroatoms. The Morgan fingerprint density at radius 2 is 2.19 bits per heavy atom. The largest absolute Gasteiger partial charge is 0.488 e. The van der Waals surface area contributed by atoms with Crippen molar-refractivity contribution in [3.05, 3.63) is 12.0 Å². The molecule has 0 aromatic carbocycles. The summed E-state index contributed by atoms with van der Waals surface area (Å²) in [5.74, 6) is 2.41. The molecule has 0 atom stereocenters. The molecule has 1 saturated heterocycles. The van der Waals surface area contributed by atoms with Gasteiger partial charge in [-0.15, -0.1) is 0 Å². The number of morpholine rings is 1. The van der Waals surface area contributed by atoms with Gasteiger partial charge < -0.3 is 14.4 Å². The van der Waals surface area contributed by atoms with Crippen LogP contribution in [-0.2, 0) is 4.74 Å². The minimum Gasteiger partial charge on any atom is -0.488 e. The average Bonchev–Trinajstić information content (AvgIpc) is 2.33. The predicted molar refractivity (Wildman–Crippen MR) is 61.0 cm³/mol. The van der Waals surface area contributed by atoms with Crippen LogP contribution in [0.3, 0.4) is 0 Å².